The van der Waals surface area contributed by atoms with E-state index in [2.05, 4.69) is 15.4 Å². The molecule has 1 amide bonds. The highest BCUT2D eigenvalue weighted by atomic mass is 35.5. The van der Waals surface area contributed by atoms with Crippen LogP contribution in [0.4, 0.5) is 23.2 Å². The molecule has 0 fully saturated rings. The highest BCUT2D eigenvalue weighted by Gasteiger charge is 2.35. The van der Waals surface area contributed by atoms with E-state index in [9.17, 15) is 22.4 Å². The summed E-state index contributed by atoms with van der Waals surface area (Å²) in [6.45, 7) is 2.81. The van der Waals surface area contributed by atoms with Gasteiger partial charge >= 0.3 is 6.18 Å². The third-order valence-corrected chi connectivity index (χ3v) is 4.41. The van der Waals surface area contributed by atoms with Crippen LogP contribution in [-0.2, 0) is 11.0 Å². The number of carbonyl (C=O) groups is 1. The number of aromatic nitrogens is 4. The second kappa shape index (κ2) is 7.27. The second-order valence-electron chi connectivity index (χ2n) is 5.98. The zero-order chi connectivity index (χ0) is 20.6. The first kappa shape index (κ1) is 19.9. The number of hydrogen-bond acceptors (Lipinski definition) is 3. The van der Waals surface area contributed by atoms with Crippen LogP contribution >= 0.6 is 11.6 Å². The van der Waals surface area contributed by atoms with Crippen LogP contribution in [0.5, 0.6) is 0 Å². The Hall–Kier alpha value is -2.88. The number of halogens is 5. The fourth-order valence-corrected chi connectivity index (χ4v) is 2.80. The van der Waals surface area contributed by atoms with Gasteiger partial charge in [-0.1, -0.05) is 11.6 Å². The molecule has 2 heterocycles. The minimum Gasteiger partial charge on any atom is -0.322 e. The number of aryl methyl sites for hydroxylation is 1. The second-order valence-corrected chi connectivity index (χ2v) is 6.34. The molecule has 0 saturated carbocycles. The van der Waals surface area contributed by atoms with Gasteiger partial charge < -0.3 is 9.88 Å². The summed E-state index contributed by atoms with van der Waals surface area (Å²) in [4.78, 5) is 15.9. The number of nitrogens with one attached hydrogen (secondary N) is 1. The molecule has 0 aliphatic carbocycles. The van der Waals surface area contributed by atoms with E-state index in [-0.39, 0.29) is 16.7 Å². The molecule has 0 bridgehead atoms. The Balaban J connectivity index is 1.80. The number of carbonyl (C=O) groups excluding carboxylic acids is 1. The van der Waals surface area contributed by atoms with Crippen LogP contribution in [0, 0.1) is 12.7 Å². The first-order valence-corrected chi connectivity index (χ1v) is 8.38. The molecular formula is C17H14ClF4N5O. The molecule has 0 radical (unpaired) electrons. The lowest BCUT2D eigenvalue weighted by atomic mass is 10.3. The van der Waals surface area contributed by atoms with Crippen LogP contribution in [0.15, 0.2) is 36.7 Å². The minimum absolute atomic E-state index is 0.0445. The Morgan fingerprint density at radius 1 is 1.25 bits per heavy atom. The Morgan fingerprint density at radius 3 is 2.46 bits per heavy atom. The van der Waals surface area contributed by atoms with Crippen LogP contribution in [-0.4, -0.2) is 25.2 Å². The van der Waals surface area contributed by atoms with Gasteiger partial charge in [0.15, 0.2) is 10.8 Å². The van der Waals surface area contributed by atoms with E-state index >= 15 is 0 Å². The summed E-state index contributed by atoms with van der Waals surface area (Å²) in [7, 11) is 0. The van der Waals surface area contributed by atoms with E-state index in [0.717, 1.165) is 10.8 Å². The Bertz CT molecular complexity index is 1010. The standard InChI is InChI=1S/C17H14ClF4N5O/c1-9(26-8-14(17(20,21)22)24-10(26)2)16(28)25-13-7-23-27(15(13)18)12-5-3-11(19)4-6-12/h3-9H,1-2H3,(H,25,28). The van der Waals surface area contributed by atoms with E-state index < -0.39 is 29.6 Å². The Morgan fingerprint density at radius 2 is 1.89 bits per heavy atom. The number of hydrogen-bond donors (Lipinski definition) is 1. The lowest BCUT2D eigenvalue weighted by molar-refractivity contribution is -0.141. The smallest absolute Gasteiger partial charge is 0.322 e. The predicted octanol–water partition coefficient (Wildman–Crippen LogP) is 4.39. The van der Waals surface area contributed by atoms with Crippen LogP contribution in [0.3, 0.4) is 0 Å². The van der Waals surface area contributed by atoms with Crippen molar-refractivity contribution < 1.29 is 22.4 Å². The van der Waals surface area contributed by atoms with Gasteiger partial charge in [-0.05, 0) is 38.1 Å². The summed E-state index contributed by atoms with van der Waals surface area (Å²) in [6.07, 6.45) is -2.53. The molecule has 0 saturated heterocycles. The SMILES string of the molecule is Cc1nc(C(F)(F)F)cn1C(C)C(=O)Nc1cnn(-c2ccc(F)cc2)c1Cl. The van der Waals surface area contributed by atoms with Crippen molar-refractivity contribution in [3.8, 4) is 5.69 Å². The number of imidazole rings is 1. The molecule has 28 heavy (non-hydrogen) atoms. The fraction of sp³-hybridized carbons (Fsp3) is 0.235. The van der Waals surface area contributed by atoms with Crippen molar-refractivity contribution in [2.45, 2.75) is 26.1 Å². The molecule has 1 N–H and O–H groups in total. The lowest BCUT2D eigenvalue weighted by Gasteiger charge is -2.14. The van der Waals surface area contributed by atoms with E-state index in [1.165, 1.54) is 49.0 Å². The van der Waals surface area contributed by atoms with Crippen LogP contribution < -0.4 is 5.32 Å². The van der Waals surface area contributed by atoms with Gasteiger partial charge in [-0.3, -0.25) is 4.79 Å². The maximum Gasteiger partial charge on any atom is 0.434 e. The summed E-state index contributed by atoms with van der Waals surface area (Å²) in [6, 6.07) is 4.39. The number of benzene rings is 1. The molecule has 1 atom stereocenters. The van der Waals surface area contributed by atoms with Crippen molar-refractivity contribution in [2.75, 3.05) is 5.32 Å². The largest absolute Gasteiger partial charge is 0.434 e. The van der Waals surface area contributed by atoms with Gasteiger partial charge in [0.05, 0.1) is 17.6 Å². The average molecular weight is 416 g/mol. The van der Waals surface area contributed by atoms with E-state index in [4.69, 9.17) is 11.6 Å². The van der Waals surface area contributed by atoms with Crippen molar-refractivity contribution in [3.63, 3.8) is 0 Å². The topological polar surface area (TPSA) is 64.7 Å². The van der Waals surface area contributed by atoms with Gasteiger partial charge in [-0.2, -0.15) is 18.3 Å². The molecule has 1 unspecified atom stereocenters. The zero-order valence-electron chi connectivity index (χ0n) is 14.6. The molecule has 0 aliphatic rings. The molecule has 148 valence electrons. The van der Waals surface area contributed by atoms with Gasteiger partial charge in [0.2, 0.25) is 5.91 Å². The summed E-state index contributed by atoms with van der Waals surface area (Å²) in [5.74, 6) is -0.985. The first-order chi connectivity index (χ1) is 13.1. The molecule has 3 rings (SSSR count). The van der Waals surface area contributed by atoms with Gasteiger partial charge in [-0.25, -0.2) is 14.1 Å². The molecular weight excluding hydrogens is 402 g/mol. The van der Waals surface area contributed by atoms with Crippen LogP contribution in [0.25, 0.3) is 5.69 Å². The van der Waals surface area contributed by atoms with Crippen molar-refractivity contribution in [1.82, 2.24) is 19.3 Å². The summed E-state index contributed by atoms with van der Waals surface area (Å²) in [5.41, 5.74) is -0.441. The number of amides is 1. The highest BCUT2D eigenvalue weighted by molar-refractivity contribution is 6.33. The van der Waals surface area contributed by atoms with Crippen molar-refractivity contribution in [3.05, 3.63) is 59.1 Å². The monoisotopic (exact) mass is 415 g/mol. The minimum atomic E-state index is -4.61. The summed E-state index contributed by atoms with van der Waals surface area (Å²) < 4.78 is 53.9. The molecule has 3 aromatic rings. The molecule has 11 heteroatoms. The molecule has 0 aliphatic heterocycles. The Kier molecular flexibility index (Phi) is 5.16. The number of alkyl halides is 3. The third kappa shape index (κ3) is 3.86. The lowest BCUT2D eigenvalue weighted by Crippen LogP contribution is -2.24. The predicted molar refractivity (Wildman–Crippen MR) is 93.8 cm³/mol. The van der Waals surface area contributed by atoms with Crippen LogP contribution in [0.1, 0.15) is 24.5 Å². The summed E-state index contributed by atoms with van der Waals surface area (Å²) >= 11 is 6.21. The third-order valence-electron chi connectivity index (χ3n) is 4.04. The van der Waals surface area contributed by atoms with Gasteiger partial charge in [0, 0.05) is 6.20 Å². The summed E-state index contributed by atoms with van der Waals surface area (Å²) in [5, 5.41) is 6.62. The number of anilines is 1. The van der Waals surface area contributed by atoms with Gasteiger partial charge in [0.25, 0.3) is 0 Å². The van der Waals surface area contributed by atoms with Crippen LogP contribution in [0.2, 0.25) is 5.15 Å². The van der Waals surface area contributed by atoms with Gasteiger partial charge in [-0.15, -0.1) is 0 Å². The number of rotatable bonds is 4. The fourth-order valence-electron chi connectivity index (χ4n) is 2.56. The quantitative estimate of drug-likeness (QED) is 0.643. The first-order valence-electron chi connectivity index (χ1n) is 8.01. The maximum absolute atomic E-state index is 13.0. The van der Waals surface area contributed by atoms with E-state index in [0.29, 0.717) is 5.69 Å². The molecule has 0 spiro atoms. The molecule has 1 aromatic carbocycles. The van der Waals surface area contributed by atoms with E-state index in [1.807, 2.05) is 0 Å². The van der Waals surface area contributed by atoms with Gasteiger partial charge in [0.1, 0.15) is 17.7 Å². The Labute approximate surface area is 161 Å². The van der Waals surface area contributed by atoms with Crippen molar-refractivity contribution in [2.24, 2.45) is 0 Å². The normalized spacial score (nSPS) is 12.8. The van der Waals surface area contributed by atoms with Crippen molar-refractivity contribution in [1.29, 1.82) is 0 Å². The van der Waals surface area contributed by atoms with Crippen molar-refractivity contribution >= 4 is 23.2 Å². The average Bonchev–Trinajstić information content (AvgIpc) is 3.18. The molecule has 6 nitrogen and oxygen atoms in total. The van der Waals surface area contributed by atoms with E-state index in [1.54, 1.807) is 0 Å². The zero-order valence-corrected chi connectivity index (χ0v) is 15.4. The maximum atomic E-state index is 13.0. The molecule has 2 aromatic heterocycles. The number of nitrogens with zero attached hydrogens (tertiary/aromatic N) is 4. The highest BCUT2D eigenvalue weighted by Crippen LogP contribution is 2.30.